The Kier molecular flexibility index (Phi) is 4.41. The zero-order valence-corrected chi connectivity index (χ0v) is 18.6. The van der Waals surface area contributed by atoms with Crippen LogP contribution >= 0.6 is 11.8 Å². The molecule has 5 unspecified atom stereocenters. The molecule has 0 radical (unpaired) electrons. The lowest BCUT2D eigenvalue weighted by Crippen LogP contribution is -2.57. The molecule has 4 nitrogen and oxygen atoms in total. The summed E-state index contributed by atoms with van der Waals surface area (Å²) in [6, 6.07) is 0. The van der Waals surface area contributed by atoms with Crippen LogP contribution < -0.4 is 0 Å². The molecule has 1 saturated heterocycles. The van der Waals surface area contributed by atoms with Gasteiger partial charge in [0.05, 0.1) is 0 Å². The Hall–Kier alpha value is -1.10. The number of hydrogen-bond donors (Lipinski definition) is 0. The lowest BCUT2D eigenvalue weighted by Gasteiger charge is -2.60. The van der Waals surface area contributed by atoms with Crippen molar-refractivity contribution < 1.29 is 19.1 Å². The Morgan fingerprint density at radius 1 is 1.07 bits per heavy atom. The number of thioether (sulfide) groups is 1. The van der Waals surface area contributed by atoms with Crippen LogP contribution in [0.25, 0.3) is 0 Å². The van der Waals surface area contributed by atoms with Gasteiger partial charge in [0.1, 0.15) is 11.4 Å². The summed E-state index contributed by atoms with van der Waals surface area (Å²) >= 11 is 1.46. The first-order chi connectivity index (χ1) is 13.7. The number of fused-ring (bicyclic) bond motifs is 6. The molecule has 4 aliphatic carbocycles. The number of esters is 1. The molecule has 0 aromatic rings. The van der Waals surface area contributed by atoms with Gasteiger partial charge in [-0.3, -0.25) is 14.4 Å². The predicted octanol–water partition coefficient (Wildman–Crippen LogP) is 4.85. The van der Waals surface area contributed by atoms with Gasteiger partial charge < -0.3 is 4.74 Å². The van der Waals surface area contributed by atoms with Gasteiger partial charge in [-0.2, -0.15) is 0 Å². The second kappa shape index (κ2) is 6.45. The van der Waals surface area contributed by atoms with E-state index < -0.39 is 0 Å². The zero-order chi connectivity index (χ0) is 20.6. The van der Waals surface area contributed by atoms with E-state index in [-0.39, 0.29) is 32.8 Å². The van der Waals surface area contributed by atoms with Crippen LogP contribution in [0.5, 0.6) is 0 Å². The highest BCUT2D eigenvalue weighted by molar-refractivity contribution is 8.14. The van der Waals surface area contributed by atoms with Crippen molar-refractivity contribution >= 4 is 28.6 Å². The number of ether oxygens (including phenoxy) is 1. The number of rotatable bonds is 1. The van der Waals surface area contributed by atoms with Crippen molar-refractivity contribution in [3.8, 4) is 0 Å². The van der Waals surface area contributed by atoms with Crippen molar-refractivity contribution in [3.05, 3.63) is 11.6 Å². The summed E-state index contributed by atoms with van der Waals surface area (Å²) in [5.74, 6) is 1.71. The van der Waals surface area contributed by atoms with E-state index in [1.165, 1.54) is 17.3 Å². The van der Waals surface area contributed by atoms with Crippen LogP contribution in [0, 0.1) is 28.6 Å². The molecule has 1 heterocycles. The normalized spacial score (nSPS) is 48.6. The van der Waals surface area contributed by atoms with Gasteiger partial charge >= 0.3 is 5.97 Å². The maximum absolute atomic E-state index is 12.2. The number of hydrogen-bond acceptors (Lipinski definition) is 5. The van der Waals surface area contributed by atoms with Crippen LogP contribution in [-0.2, 0) is 19.1 Å². The van der Waals surface area contributed by atoms with Gasteiger partial charge in [0.15, 0.2) is 5.12 Å². The first kappa shape index (κ1) is 19.8. The summed E-state index contributed by atoms with van der Waals surface area (Å²) in [7, 11) is 0. The molecular weight excluding hydrogens is 384 g/mol. The summed E-state index contributed by atoms with van der Waals surface area (Å²) in [5, 5.41) is 0.298. The monoisotopic (exact) mass is 416 g/mol. The first-order valence-electron chi connectivity index (χ1n) is 11.3. The Labute approximate surface area is 177 Å². The molecule has 1 aliphatic heterocycles. The minimum atomic E-state index is -0.293. The minimum Gasteiger partial charge on any atom is -0.458 e. The van der Waals surface area contributed by atoms with Crippen molar-refractivity contribution in [2.45, 2.75) is 89.4 Å². The highest BCUT2D eigenvalue weighted by Gasteiger charge is 2.68. The fraction of sp³-hybridized carbons (Fsp3) is 0.792. The van der Waals surface area contributed by atoms with Crippen LogP contribution in [-0.4, -0.2) is 27.7 Å². The Morgan fingerprint density at radius 2 is 1.83 bits per heavy atom. The number of ketones is 1. The van der Waals surface area contributed by atoms with Crippen molar-refractivity contribution in [2.24, 2.45) is 28.6 Å². The average molecular weight is 417 g/mol. The van der Waals surface area contributed by atoms with Gasteiger partial charge in [-0.25, -0.2) is 0 Å². The molecule has 29 heavy (non-hydrogen) atoms. The third-order valence-corrected chi connectivity index (χ3v) is 10.6. The Bertz CT molecular complexity index is 818. The maximum atomic E-state index is 12.2. The van der Waals surface area contributed by atoms with Crippen molar-refractivity contribution in [1.82, 2.24) is 0 Å². The fourth-order valence-corrected chi connectivity index (χ4v) is 9.19. The number of Topliss-reactive ketones (excluding diaryl/α,β-unsaturated/α-hetero) is 1. The first-order valence-corrected chi connectivity index (χ1v) is 12.2. The average Bonchev–Trinajstić information content (AvgIpc) is 3.17. The highest BCUT2D eigenvalue weighted by Crippen LogP contribution is 2.70. The number of allylic oxidation sites excluding steroid dienone is 1. The molecule has 0 N–H and O–H groups in total. The smallest absolute Gasteiger partial charge is 0.306 e. The fourth-order valence-electron chi connectivity index (χ4n) is 8.04. The van der Waals surface area contributed by atoms with Gasteiger partial charge in [-0.05, 0) is 61.7 Å². The molecule has 0 amide bonds. The Balaban J connectivity index is 1.57. The van der Waals surface area contributed by atoms with E-state index >= 15 is 0 Å². The van der Waals surface area contributed by atoms with E-state index in [0.29, 0.717) is 42.8 Å². The second-order valence-corrected chi connectivity index (χ2v) is 12.0. The molecule has 0 bridgehead atoms. The van der Waals surface area contributed by atoms with Gasteiger partial charge in [-0.15, -0.1) is 0 Å². The minimum absolute atomic E-state index is 0.00210. The van der Waals surface area contributed by atoms with E-state index in [1.54, 1.807) is 6.92 Å². The molecule has 3 saturated carbocycles. The van der Waals surface area contributed by atoms with Crippen molar-refractivity contribution in [1.29, 1.82) is 0 Å². The number of carbonyl (C=O) groups excluding carboxylic acids is 3. The van der Waals surface area contributed by atoms with Crippen molar-refractivity contribution in [2.75, 3.05) is 0 Å². The van der Waals surface area contributed by atoms with Gasteiger partial charge in [0.2, 0.25) is 0 Å². The lowest BCUT2D eigenvalue weighted by molar-refractivity contribution is -0.166. The summed E-state index contributed by atoms with van der Waals surface area (Å²) in [5.41, 5.74) is 1.08. The molecule has 5 rings (SSSR count). The number of carbonyl (C=O) groups is 3. The summed E-state index contributed by atoms with van der Waals surface area (Å²) in [4.78, 5) is 36.4. The van der Waals surface area contributed by atoms with E-state index in [9.17, 15) is 14.4 Å². The summed E-state index contributed by atoms with van der Waals surface area (Å²) in [6.45, 7) is 6.40. The zero-order valence-electron chi connectivity index (χ0n) is 17.8. The molecule has 0 aromatic heterocycles. The van der Waals surface area contributed by atoms with Gasteiger partial charge in [0.25, 0.3) is 0 Å². The van der Waals surface area contributed by atoms with E-state index in [4.69, 9.17) is 4.74 Å². The quantitative estimate of drug-likeness (QED) is 0.452. The van der Waals surface area contributed by atoms with Crippen molar-refractivity contribution in [3.63, 3.8) is 0 Å². The molecule has 7 atom stereocenters. The molecular formula is C24H32O4S. The topological polar surface area (TPSA) is 60.4 Å². The van der Waals surface area contributed by atoms with Crippen LogP contribution in [0.3, 0.4) is 0 Å². The highest BCUT2D eigenvalue weighted by atomic mass is 32.2. The Morgan fingerprint density at radius 3 is 2.52 bits per heavy atom. The van der Waals surface area contributed by atoms with E-state index in [2.05, 4.69) is 19.9 Å². The largest absolute Gasteiger partial charge is 0.458 e. The van der Waals surface area contributed by atoms with Crippen LogP contribution in [0.2, 0.25) is 0 Å². The summed E-state index contributed by atoms with van der Waals surface area (Å²) < 4.78 is 6.05. The third-order valence-electron chi connectivity index (χ3n) is 9.57. The van der Waals surface area contributed by atoms with Crippen LogP contribution in [0.15, 0.2) is 11.6 Å². The van der Waals surface area contributed by atoms with Gasteiger partial charge in [-0.1, -0.05) is 37.3 Å². The lowest BCUT2D eigenvalue weighted by atomic mass is 9.46. The molecule has 158 valence electrons. The SMILES string of the molecule is CC(=O)S[C@@H]1C=C2CC(=O)CCC2(C)C2CCC3(C)C(CC[C@@]34CCC(=O)O4)C21. The predicted molar refractivity (Wildman–Crippen MR) is 112 cm³/mol. The van der Waals surface area contributed by atoms with Crippen LogP contribution in [0.1, 0.15) is 78.6 Å². The summed E-state index contributed by atoms with van der Waals surface area (Å²) in [6.07, 6.45) is 10.1. The van der Waals surface area contributed by atoms with Gasteiger partial charge in [0, 0.05) is 36.9 Å². The maximum Gasteiger partial charge on any atom is 0.306 e. The van der Waals surface area contributed by atoms with E-state index in [0.717, 1.165) is 38.5 Å². The van der Waals surface area contributed by atoms with Crippen LogP contribution in [0.4, 0.5) is 0 Å². The molecule has 1 spiro atoms. The molecule has 4 fully saturated rings. The third kappa shape index (κ3) is 2.68. The molecule has 5 heteroatoms. The van der Waals surface area contributed by atoms with E-state index in [1.807, 2.05) is 0 Å². The molecule has 5 aliphatic rings. The second-order valence-electron chi connectivity index (χ2n) is 10.7. The molecule has 0 aromatic carbocycles. The standard InChI is InChI=1S/C24H32O4S/c1-14(25)29-19-13-15-12-16(26)4-8-22(15,2)17-5-9-23(3)18(21(17)19)6-10-24(23)11-7-20(27)28-24/h13,17-19,21H,4-12H2,1-3H3/t17?,18?,19-,21?,22?,23?,24-/m1/s1.